The molecule has 24 heavy (non-hydrogen) atoms. The molecule has 0 aromatic heterocycles. The quantitative estimate of drug-likeness (QED) is 0.194. The van der Waals surface area contributed by atoms with E-state index in [9.17, 15) is 4.79 Å². The molecule has 0 aliphatic carbocycles. The van der Waals surface area contributed by atoms with Crippen LogP contribution in [0.15, 0.2) is 0 Å². The van der Waals surface area contributed by atoms with E-state index >= 15 is 0 Å². The minimum Gasteiger partial charge on any atom is -0.394 e. The number of thiol groups is 1. The second kappa shape index (κ2) is 15.4. The van der Waals surface area contributed by atoms with Crippen molar-refractivity contribution in [2.24, 2.45) is 0 Å². The highest BCUT2D eigenvalue weighted by molar-refractivity contribution is 7.80. The van der Waals surface area contributed by atoms with Crippen LogP contribution in [0.25, 0.3) is 0 Å². The number of carbonyl (C=O) groups excluding carboxylic acids is 1. The highest BCUT2D eigenvalue weighted by atomic mass is 32.1. The molecule has 2 atom stereocenters. The van der Waals surface area contributed by atoms with Gasteiger partial charge < -0.3 is 13.6 Å². The predicted octanol–water partition coefficient (Wildman–Crippen LogP) is 5.92. The molecule has 3 nitrogen and oxygen atoms in total. The Kier molecular flexibility index (Phi) is 15.5. The van der Waals surface area contributed by atoms with Gasteiger partial charge in [0.05, 0.1) is 0 Å². The summed E-state index contributed by atoms with van der Waals surface area (Å²) < 4.78 is 13.2. The van der Waals surface area contributed by atoms with Crippen molar-refractivity contribution in [1.82, 2.24) is 0 Å². The van der Waals surface area contributed by atoms with E-state index in [0.717, 1.165) is 76.6 Å². The molecule has 0 rings (SSSR count). The Labute approximate surface area is 156 Å². The van der Waals surface area contributed by atoms with Gasteiger partial charge in [0.1, 0.15) is 6.29 Å². The smallest absolute Gasteiger partial charge is 0.345 e. The van der Waals surface area contributed by atoms with E-state index in [1.54, 1.807) is 0 Å². The number of rotatable bonds is 17. The van der Waals surface area contributed by atoms with Crippen LogP contribution in [0.3, 0.4) is 0 Å². The SMILES string of the molecule is CCCO[Si](OCCC)(C(CC=O)CCC)C(CCC)CCCS. The highest BCUT2D eigenvalue weighted by Crippen LogP contribution is 2.44. The summed E-state index contributed by atoms with van der Waals surface area (Å²) in [6, 6.07) is 0. The van der Waals surface area contributed by atoms with Gasteiger partial charge in [-0.2, -0.15) is 12.6 Å². The number of aldehydes is 1. The average Bonchev–Trinajstić information content (AvgIpc) is 2.59. The van der Waals surface area contributed by atoms with Gasteiger partial charge in [0, 0.05) is 30.7 Å². The first-order chi connectivity index (χ1) is 11.7. The largest absolute Gasteiger partial charge is 0.394 e. The second-order valence-corrected chi connectivity index (χ2v) is 10.8. The van der Waals surface area contributed by atoms with Gasteiger partial charge in [0.15, 0.2) is 0 Å². The van der Waals surface area contributed by atoms with E-state index in [1.165, 1.54) is 0 Å². The van der Waals surface area contributed by atoms with Crippen LogP contribution in [0.4, 0.5) is 0 Å². The molecule has 0 saturated carbocycles. The first-order valence-electron chi connectivity index (χ1n) is 9.98. The third-order valence-electron chi connectivity index (χ3n) is 4.57. The van der Waals surface area contributed by atoms with Crippen LogP contribution in [-0.2, 0) is 13.6 Å². The Hall–Kier alpha value is 0.157. The topological polar surface area (TPSA) is 35.5 Å². The molecular weight excluding hydrogens is 336 g/mol. The van der Waals surface area contributed by atoms with Crippen LogP contribution >= 0.6 is 12.6 Å². The minimum atomic E-state index is -2.46. The molecule has 0 radical (unpaired) electrons. The van der Waals surface area contributed by atoms with E-state index in [-0.39, 0.29) is 5.54 Å². The van der Waals surface area contributed by atoms with Crippen molar-refractivity contribution >= 4 is 27.5 Å². The van der Waals surface area contributed by atoms with E-state index in [4.69, 9.17) is 8.85 Å². The molecule has 0 fully saturated rings. The van der Waals surface area contributed by atoms with E-state index < -0.39 is 8.56 Å². The Bertz CT molecular complexity index is 294. The fourth-order valence-corrected chi connectivity index (χ4v) is 8.89. The summed E-state index contributed by atoms with van der Waals surface area (Å²) in [5, 5.41) is 0. The monoisotopic (exact) mass is 376 g/mol. The maximum Gasteiger partial charge on any atom is 0.345 e. The van der Waals surface area contributed by atoms with Crippen LogP contribution in [0, 0.1) is 0 Å². The number of hydrogen-bond acceptors (Lipinski definition) is 4. The standard InChI is InChI=1S/C19H40O3SSi/c1-5-10-18(12-9-17-23)24(21-15-7-3,22-16-8-4)19(11-6-2)13-14-20/h14,18-19,23H,5-13,15-17H2,1-4H3. The summed E-state index contributed by atoms with van der Waals surface area (Å²) in [6.07, 6.45) is 10.2. The van der Waals surface area contributed by atoms with Crippen LogP contribution in [0.2, 0.25) is 11.1 Å². The van der Waals surface area contributed by atoms with Crippen molar-refractivity contribution in [2.75, 3.05) is 19.0 Å². The Morgan fingerprint density at radius 3 is 1.83 bits per heavy atom. The molecule has 0 N–H and O–H groups in total. The molecule has 2 unspecified atom stereocenters. The zero-order valence-electron chi connectivity index (χ0n) is 16.4. The lowest BCUT2D eigenvalue weighted by Gasteiger charge is -2.42. The number of hydrogen-bond donors (Lipinski definition) is 1. The summed E-state index contributed by atoms with van der Waals surface area (Å²) >= 11 is 4.41. The Morgan fingerprint density at radius 1 is 0.875 bits per heavy atom. The van der Waals surface area contributed by atoms with Gasteiger partial charge in [-0.25, -0.2) is 0 Å². The molecule has 0 aliphatic rings. The zero-order chi connectivity index (χ0) is 18.3. The van der Waals surface area contributed by atoms with Gasteiger partial charge >= 0.3 is 8.56 Å². The highest BCUT2D eigenvalue weighted by Gasteiger charge is 2.51. The van der Waals surface area contributed by atoms with Gasteiger partial charge in [-0.1, -0.05) is 40.5 Å². The third kappa shape index (κ3) is 8.02. The molecule has 5 heteroatoms. The zero-order valence-corrected chi connectivity index (χ0v) is 18.3. The Balaban J connectivity index is 5.71. The van der Waals surface area contributed by atoms with Crippen LogP contribution < -0.4 is 0 Å². The summed E-state index contributed by atoms with van der Waals surface area (Å²) in [5.74, 6) is 0.901. The fraction of sp³-hybridized carbons (Fsp3) is 0.947. The maximum absolute atomic E-state index is 11.4. The number of carbonyl (C=O) groups is 1. The van der Waals surface area contributed by atoms with Gasteiger partial charge in [-0.3, -0.25) is 0 Å². The van der Waals surface area contributed by atoms with E-state index in [0.29, 0.717) is 12.0 Å². The maximum atomic E-state index is 11.4. The first-order valence-corrected chi connectivity index (χ1v) is 12.6. The van der Waals surface area contributed by atoms with E-state index in [2.05, 4.69) is 40.3 Å². The van der Waals surface area contributed by atoms with Gasteiger partial charge in [0.25, 0.3) is 0 Å². The summed E-state index contributed by atoms with van der Waals surface area (Å²) in [4.78, 5) is 11.4. The summed E-state index contributed by atoms with van der Waals surface area (Å²) in [6.45, 7) is 10.2. The van der Waals surface area contributed by atoms with Crippen LogP contribution in [-0.4, -0.2) is 33.8 Å². The van der Waals surface area contributed by atoms with Gasteiger partial charge in [-0.05, 0) is 44.3 Å². The molecule has 0 aromatic carbocycles. The molecule has 0 aliphatic heterocycles. The average molecular weight is 377 g/mol. The second-order valence-electron chi connectivity index (χ2n) is 6.66. The molecule has 144 valence electrons. The third-order valence-corrected chi connectivity index (χ3v) is 9.57. The summed E-state index contributed by atoms with van der Waals surface area (Å²) in [7, 11) is -2.46. The van der Waals surface area contributed by atoms with Crippen molar-refractivity contribution in [3.8, 4) is 0 Å². The van der Waals surface area contributed by atoms with E-state index in [1.807, 2.05) is 0 Å². The van der Waals surface area contributed by atoms with Gasteiger partial charge in [0.2, 0.25) is 0 Å². The lowest BCUT2D eigenvalue weighted by Crippen LogP contribution is -2.52. The van der Waals surface area contributed by atoms with Crippen molar-refractivity contribution in [3.63, 3.8) is 0 Å². The first kappa shape index (κ1) is 24.2. The lowest BCUT2D eigenvalue weighted by molar-refractivity contribution is -0.108. The van der Waals surface area contributed by atoms with Crippen LogP contribution in [0.5, 0.6) is 0 Å². The van der Waals surface area contributed by atoms with Crippen molar-refractivity contribution < 1.29 is 13.6 Å². The van der Waals surface area contributed by atoms with Crippen molar-refractivity contribution in [1.29, 1.82) is 0 Å². The predicted molar refractivity (Wildman–Crippen MR) is 109 cm³/mol. The van der Waals surface area contributed by atoms with Gasteiger partial charge in [-0.15, -0.1) is 0 Å². The summed E-state index contributed by atoms with van der Waals surface area (Å²) in [5.41, 5.74) is 0.735. The van der Waals surface area contributed by atoms with Crippen LogP contribution in [0.1, 0.15) is 85.5 Å². The molecule has 0 spiro atoms. The molecule has 0 heterocycles. The molecule has 0 aromatic rings. The molecular formula is C19H40O3SSi. The normalized spacial score (nSPS) is 14.5. The molecule has 0 saturated heterocycles. The lowest BCUT2D eigenvalue weighted by atomic mass is 10.1. The molecule has 0 bridgehead atoms. The Morgan fingerprint density at radius 2 is 1.42 bits per heavy atom. The van der Waals surface area contributed by atoms with Crippen molar-refractivity contribution in [2.45, 2.75) is 96.6 Å². The fourth-order valence-electron chi connectivity index (χ4n) is 3.55. The minimum absolute atomic E-state index is 0.273. The molecule has 0 amide bonds. The van der Waals surface area contributed by atoms with Crippen molar-refractivity contribution in [3.05, 3.63) is 0 Å².